The quantitative estimate of drug-likeness (QED) is 0.387. The maximum absolute atomic E-state index is 13.7. The number of para-hydroxylation sites is 1. The van der Waals surface area contributed by atoms with Gasteiger partial charge in [-0.15, -0.1) is 0 Å². The summed E-state index contributed by atoms with van der Waals surface area (Å²) < 4.78 is 7.01. The van der Waals surface area contributed by atoms with Gasteiger partial charge in [0.1, 0.15) is 5.82 Å². The first-order chi connectivity index (χ1) is 16.0. The minimum atomic E-state index is -0.316. The van der Waals surface area contributed by atoms with E-state index in [9.17, 15) is 9.59 Å². The van der Waals surface area contributed by atoms with E-state index < -0.39 is 0 Å². The van der Waals surface area contributed by atoms with E-state index in [0.29, 0.717) is 54.8 Å². The van der Waals surface area contributed by atoms with Gasteiger partial charge in [-0.25, -0.2) is 4.98 Å². The summed E-state index contributed by atoms with van der Waals surface area (Å²) in [6, 6.07) is 14.9. The minimum absolute atomic E-state index is 0.0486. The Labute approximate surface area is 196 Å². The van der Waals surface area contributed by atoms with E-state index in [0.717, 1.165) is 12.8 Å². The molecule has 1 aromatic heterocycles. The van der Waals surface area contributed by atoms with Crippen LogP contribution in [0.3, 0.4) is 0 Å². The van der Waals surface area contributed by atoms with Crippen LogP contribution in [0.15, 0.2) is 53.3 Å². The normalized spacial score (nSPS) is 12.1. The molecule has 33 heavy (non-hydrogen) atoms. The lowest BCUT2D eigenvalue weighted by Crippen LogP contribution is -2.39. The molecular weight excluding hydrogens is 414 g/mol. The number of aryl methyl sites for hydroxylation is 1. The zero-order chi connectivity index (χ0) is 23.8. The van der Waals surface area contributed by atoms with Gasteiger partial charge < -0.3 is 9.64 Å². The molecule has 176 valence electrons. The third-order valence-corrected chi connectivity index (χ3v) is 6.02. The summed E-state index contributed by atoms with van der Waals surface area (Å²) in [6.07, 6.45) is 3.09. The smallest absolute Gasteiger partial charge is 0.261 e. The number of hydrogen-bond donors (Lipinski definition) is 0. The van der Waals surface area contributed by atoms with Crippen LogP contribution < -0.4 is 5.56 Å². The standard InChI is InChI=1S/C27H35N3O3/c1-5-17-30-25(28-23-12-9-8-11-22(23)27(30)32)24(7-3)29(18-10-19-33-4)26(31)21-15-13-20(6-2)14-16-21/h8-9,11-16,24H,5-7,10,17-19H2,1-4H3. The fourth-order valence-electron chi connectivity index (χ4n) is 4.25. The molecule has 1 heterocycles. The molecule has 2 aromatic carbocycles. The van der Waals surface area contributed by atoms with Gasteiger partial charge in [0.2, 0.25) is 0 Å². The van der Waals surface area contributed by atoms with Gasteiger partial charge in [-0.05, 0) is 55.5 Å². The van der Waals surface area contributed by atoms with Gasteiger partial charge in [-0.2, -0.15) is 0 Å². The zero-order valence-electron chi connectivity index (χ0n) is 20.2. The second-order valence-corrected chi connectivity index (χ2v) is 8.26. The molecule has 0 radical (unpaired) electrons. The van der Waals surface area contributed by atoms with Crippen molar-refractivity contribution in [1.29, 1.82) is 0 Å². The fraction of sp³-hybridized carbons (Fsp3) is 0.444. The van der Waals surface area contributed by atoms with Crippen molar-refractivity contribution in [3.8, 4) is 0 Å². The molecule has 0 aliphatic carbocycles. The second kappa shape index (κ2) is 11.8. The van der Waals surface area contributed by atoms with E-state index in [1.54, 1.807) is 11.7 Å². The Balaban J connectivity index is 2.11. The highest BCUT2D eigenvalue weighted by Crippen LogP contribution is 2.26. The average molecular weight is 450 g/mol. The summed E-state index contributed by atoms with van der Waals surface area (Å²) in [5.74, 6) is 0.602. The third-order valence-electron chi connectivity index (χ3n) is 6.02. The van der Waals surface area contributed by atoms with Gasteiger partial charge in [0.25, 0.3) is 11.5 Å². The van der Waals surface area contributed by atoms with Crippen molar-refractivity contribution in [1.82, 2.24) is 14.5 Å². The third kappa shape index (κ3) is 5.50. The molecule has 1 unspecified atom stereocenters. The lowest BCUT2D eigenvalue weighted by atomic mass is 10.1. The van der Waals surface area contributed by atoms with Crippen LogP contribution in [0.2, 0.25) is 0 Å². The van der Waals surface area contributed by atoms with Crippen LogP contribution in [0.1, 0.15) is 67.8 Å². The summed E-state index contributed by atoms with van der Waals surface area (Å²) in [5.41, 5.74) is 2.46. The van der Waals surface area contributed by atoms with Crippen molar-refractivity contribution >= 4 is 16.8 Å². The van der Waals surface area contributed by atoms with Crippen LogP contribution in [-0.2, 0) is 17.7 Å². The number of nitrogens with zero attached hydrogens (tertiary/aromatic N) is 3. The first kappa shape index (κ1) is 24.6. The Kier molecular flexibility index (Phi) is 8.78. The highest BCUT2D eigenvalue weighted by Gasteiger charge is 2.29. The number of ether oxygens (including phenoxy) is 1. The van der Waals surface area contributed by atoms with Crippen molar-refractivity contribution in [3.63, 3.8) is 0 Å². The number of fused-ring (bicyclic) bond motifs is 1. The molecule has 0 bridgehead atoms. The van der Waals surface area contributed by atoms with E-state index in [4.69, 9.17) is 9.72 Å². The van der Waals surface area contributed by atoms with Crippen LogP contribution in [0.25, 0.3) is 10.9 Å². The second-order valence-electron chi connectivity index (χ2n) is 8.26. The van der Waals surface area contributed by atoms with Crippen molar-refractivity contribution < 1.29 is 9.53 Å². The summed E-state index contributed by atoms with van der Waals surface area (Å²) in [4.78, 5) is 33.8. The molecule has 3 aromatic rings. The molecule has 6 nitrogen and oxygen atoms in total. The molecule has 0 saturated carbocycles. The number of rotatable bonds is 11. The van der Waals surface area contributed by atoms with E-state index in [-0.39, 0.29) is 17.5 Å². The topological polar surface area (TPSA) is 64.4 Å². The molecule has 0 N–H and O–H groups in total. The summed E-state index contributed by atoms with van der Waals surface area (Å²) in [6.45, 7) is 7.83. The molecule has 0 spiro atoms. The lowest BCUT2D eigenvalue weighted by molar-refractivity contribution is 0.0631. The first-order valence-corrected chi connectivity index (χ1v) is 11.9. The molecule has 0 fully saturated rings. The SMILES string of the molecule is CCCn1c(C(CC)N(CCCOC)C(=O)c2ccc(CC)cc2)nc2ccccc2c1=O. The molecule has 1 amide bonds. The number of amides is 1. The minimum Gasteiger partial charge on any atom is -0.385 e. The molecule has 6 heteroatoms. The molecule has 3 rings (SSSR count). The summed E-state index contributed by atoms with van der Waals surface area (Å²) in [7, 11) is 1.66. The van der Waals surface area contributed by atoms with Crippen LogP contribution in [-0.4, -0.2) is 40.6 Å². The Morgan fingerprint density at radius 1 is 1.09 bits per heavy atom. The van der Waals surface area contributed by atoms with Gasteiger partial charge in [-0.3, -0.25) is 14.2 Å². The van der Waals surface area contributed by atoms with Crippen molar-refractivity contribution in [2.75, 3.05) is 20.3 Å². The van der Waals surface area contributed by atoms with E-state index >= 15 is 0 Å². The summed E-state index contributed by atoms with van der Waals surface area (Å²) in [5, 5.41) is 0.608. The molecule has 0 saturated heterocycles. The van der Waals surface area contributed by atoms with Crippen molar-refractivity contribution in [2.24, 2.45) is 0 Å². The first-order valence-electron chi connectivity index (χ1n) is 11.9. The van der Waals surface area contributed by atoms with Crippen molar-refractivity contribution in [3.05, 3.63) is 75.8 Å². The highest BCUT2D eigenvalue weighted by atomic mass is 16.5. The summed E-state index contributed by atoms with van der Waals surface area (Å²) >= 11 is 0. The number of hydrogen-bond acceptors (Lipinski definition) is 4. The van der Waals surface area contributed by atoms with Crippen LogP contribution in [0, 0.1) is 0 Å². The number of benzene rings is 2. The largest absolute Gasteiger partial charge is 0.385 e. The Morgan fingerprint density at radius 2 is 1.82 bits per heavy atom. The number of carbonyl (C=O) groups is 1. The maximum Gasteiger partial charge on any atom is 0.261 e. The van der Waals surface area contributed by atoms with E-state index in [1.807, 2.05) is 67.3 Å². The monoisotopic (exact) mass is 449 g/mol. The molecule has 1 atom stereocenters. The zero-order valence-corrected chi connectivity index (χ0v) is 20.2. The van der Waals surface area contributed by atoms with Gasteiger partial charge in [-0.1, -0.05) is 45.0 Å². The fourth-order valence-corrected chi connectivity index (χ4v) is 4.25. The average Bonchev–Trinajstić information content (AvgIpc) is 2.85. The molecular formula is C27H35N3O3. The van der Waals surface area contributed by atoms with E-state index in [1.165, 1.54) is 5.56 Å². The van der Waals surface area contributed by atoms with Gasteiger partial charge >= 0.3 is 0 Å². The van der Waals surface area contributed by atoms with Gasteiger partial charge in [0.15, 0.2) is 0 Å². The Morgan fingerprint density at radius 3 is 2.45 bits per heavy atom. The molecule has 0 aliphatic rings. The van der Waals surface area contributed by atoms with Gasteiger partial charge in [0, 0.05) is 32.4 Å². The van der Waals surface area contributed by atoms with Crippen LogP contribution in [0.4, 0.5) is 0 Å². The predicted octanol–water partition coefficient (Wildman–Crippen LogP) is 5.00. The molecule has 0 aliphatic heterocycles. The Bertz CT molecular complexity index is 1120. The Hall–Kier alpha value is -2.99. The van der Waals surface area contributed by atoms with Crippen LogP contribution >= 0.6 is 0 Å². The maximum atomic E-state index is 13.7. The van der Waals surface area contributed by atoms with E-state index in [2.05, 4.69) is 6.92 Å². The number of aromatic nitrogens is 2. The highest BCUT2D eigenvalue weighted by molar-refractivity contribution is 5.94. The predicted molar refractivity (Wildman–Crippen MR) is 133 cm³/mol. The number of carbonyl (C=O) groups excluding carboxylic acids is 1. The lowest BCUT2D eigenvalue weighted by Gasteiger charge is -2.32. The number of methoxy groups -OCH3 is 1. The van der Waals surface area contributed by atoms with Crippen molar-refractivity contribution in [2.45, 2.75) is 59.0 Å². The van der Waals surface area contributed by atoms with Gasteiger partial charge in [0.05, 0.1) is 16.9 Å². The van der Waals surface area contributed by atoms with Crippen LogP contribution in [0.5, 0.6) is 0 Å².